The van der Waals surface area contributed by atoms with E-state index in [1.165, 1.54) is 32.1 Å². The van der Waals surface area contributed by atoms with Gasteiger partial charge >= 0.3 is 5.97 Å². The molecule has 1 aliphatic carbocycles. The van der Waals surface area contributed by atoms with Crippen molar-refractivity contribution in [1.29, 1.82) is 0 Å². The molecule has 27 heavy (non-hydrogen) atoms. The van der Waals surface area contributed by atoms with E-state index in [0.717, 1.165) is 6.42 Å². The van der Waals surface area contributed by atoms with Crippen LogP contribution in [0.4, 0.5) is 5.69 Å². The highest BCUT2D eigenvalue weighted by Gasteiger charge is 2.21. The number of benzene rings is 1. The molecule has 0 saturated heterocycles. The number of hydrogen-bond acceptors (Lipinski definition) is 4. The molecule has 0 radical (unpaired) electrons. The summed E-state index contributed by atoms with van der Waals surface area (Å²) < 4.78 is 5.13. The fourth-order valence-corrected chi connectivity index (χ4v) is 3.16. The van der Waals surface area contributed by atoms with E-state index in [0.29, 0.717) is 23.6 Å². The number of rotatable bonds is 7. The SMILES string of the molecule is CC(C)(C)C(=O)Nc1ccc(C(=O)COC(=O)CCC2CCCCC2)cc1. The molecule has 1 aliphatic rings. The van der Waals surface area contributed by atoms with Gasteiger partial charge in [-0.2, -0.15) is 0 Å². The van der Waals surface area contributed by atoms with Gasteiger partial charge in [0.25, 0.3) is 0 Å². The van der Waals surface area contributed by atoms with Crippen molar-refractivity contribution in [2.45, 2.75) is 65.7 Å². The van der Waals surface area contributed by atoms with Gasteiger partial charge in [-0.15, -0.1) is 0 Å². The lowest BCUT2D eigenvalue weighted by Crippen LogP contribution is -2.27. The van der Waals surface area contributed by atoms with Crippen LogP contribution in [-0.2, 0) is 14.3 Å². The van der Waals surface area contributed by atoms with Crippen molar-refractivity contribution >= 4 is 23.3 Å². The quantitative estimate of drug-likeness (QED) is 0.552. The topological polar surface area (TPSA) is 72.5 Å². The lowest BCUT2D eigenvalue weighted by molar-refractivity contribution is -0.142. The Balaban J connectivity index is 1.75. The summed E-state index contributed by atoms with van der Waals surface area (Å²) in [6.07, 6.45) is 7.45. The zero-order valence-electron chi connectivity index (χ0n) is 16.7. The predicted molar refractivity (Wildman–Crippen MR) is 106 cm³/mol. The fourth-order valence-electron chi connectivity index (χ4n) is 3.16. The molecule has 2 rings (SSSR count). The molecular weight excluding hydrogens is 342 g/mol. The standard InChI is InChI=1S/C22H31NO4/c1-22(2,3)21(26)23-18-12-10-17(11-13-18)19(24)15-27-20(25)14-9-16-7-5-4-6-8-16/h10-13,16H,4-9,14-15H2,1-3H3,(H,23,26). The molecule has 0 bridgehead atoms. The van der Waals surface area contributed by atoms with Gasteiger partial charge in [0.1, 0.15) is 0 Å². The van der Waals surface area contributed by atoms with Crippen molar-refractivity contribution in [2.75, 3.05) is 11.9 Å². The second-order valence-electron chi connectivity index (χ2n) is 8.41. The van der Waals surface area contributed by atoms with Crippen LogP contribution in [0.2, 0.25) is 0 Å². The summed E-state index contributed by atoms with van der Waals surface area (Å²) in [7, 11) is 0. The first-order valence-electron chi connectivity index (χ1n) is 9.86. The summed E-state index contributed by atoms with van der Waals surface area (Å²) in [4.78, 5) is 36.0. The highest BCUT2D eigenvalue weighted by Crippen LogP contribution is 2.27. The third-order valence-electron chi connectivity index (χ3n) is 4.99. The summed E-state index contributed by atoms with van der Waals surface area (Å²) in [5.74, 6) is -0.0102. The summed E-state index contributed by atoms with van der Waals surface area (Å²) >= 11 is 0. The molecule has 0 aliphatic heterocycles. The third-order valence-corrected chi connectivity index (χ3v) is 4.99. The van der Waals surface area contributed by atoms with Crippen LogP contribution >= 0.6 is 0 Å². The molecule has 0 spiro atoms. The van der Waals surface area contributed by atoms with Gasteiger partial charge in [-0.25, -0.2) is 0 Å². The van der Waals surface area contributed by atoms with E-state index in [-0.39, 0.29) is 24.3 Å². The Kier molecular flexibility index (Phi) is 7.57. The molecule has 1 saturated carbocycles. The molecule has 1 N–H and O–H groups in total. The molecule has 1 aromatic rings. The second kappa shape index (κ2) is 9.67. The van der Waals surface area contributed by atoms with E-state index in [9.17, 15) is 14.4 Å². The van der Waals surface area contributed by atoms with E-state index in [1.54, 1.807) is 24.3 Å². The highest BCUT2D eigenvalue weighted by molar-refractivity contribution is 5.99. The van der Waals surface area contributed by atoms with Gasteiger partial charge in [0.05, 0.1) is 0 Å². The number of carbonyl (C=O) groups is 3. The molecule has 148 valence electrons. The Morgan fingerprint density at radius 2 is 1.67 bits per heavy atom. The average Bonchev–Trinajstić information content (AvgIpc) is 2.65. The van der Waals surface area contributed by atoms with E-state index in [1.807, 2.05) is 20.8 Å². The maximum absolute atomic E-state index is 12.2. The van der Waals surface area contributed by atoms with Gasteiger partial charge in [-0.05, 0) is 36.6 Å². The van der Waals surface area contributed by atoms with Crippen LogP contribution in [0.5, 0.6) is 0 Å². The van der Waals surface area contributed by atoms with Crippen LogP contribution in [0, 0.1) is 11.3 Å². The Labute approximate surface area is 161 Å². The Morgan fingerprint density at radius 3 is 2.26 bits per heavy atom. The van der Waals surface area contributed by atoms with Crippen LogP contribution < -0.4 is 5.32 Å². The minimum atomic E-state index is -0.486. The zero-order valence-corrected chi connectivity index (χ0v) is 16.7. The average molecular weight is 373 g/mol. The van der Waals surface area contributed by atoms with Gasteiger partial charge in [0.2, 0.25) is 5.91 Å². The van der Waals surface area contributed by atoms with Crippen LogP contribution in [0.1, 0.15) is 76.1 Å². The third kappa shape index (κ3) is 7.16. The molecule has 0 heterocycles. The van der Waals surface area contributed by atoms with Crippen molar-refractivity contribution in [3.63, 3.8) is 0 Å². The van der Waals surface area contributed by atoms with Crippen molar-refractivity contribution in [2.24, 2.45) is 11.3 Å². The number of carbonyl (C=O) groups excluding carboxylic acids is 3. The summed E-state index contributed by atoms with van der Waals surface area (Å²) in [5, 5.41) is 2.81. The molecule has 0 unspecified atom stereocenters. The van der Waals surface area contributed by atoms with Crippen molar-refractivity contribution in [3.05, 3.63) is 29.8 Å². The zero-order chi connectivity index (χ0) is 19.9. The molecule has 5 nitrogen and oxygen atoms in total. The van der Waals surface area contributed by atoms with E-state index in [4.69, 9.17) is 4.74 Å². The Morgan fingerprint density at radius 1 is 1.04 bits per heavy atom. The minimum Gasteiger partial charge on any atom is -0.457 e. The van der Waals surface area contributed by atoms with Gasteiger partial charge in [0, 0.05) is 23.1 Å². The fraction of sp³-hybridized carbons (Fsp3) is 0.591. The number of ether oxygens (including phenoxy) is 1. The van der Waals surface area contributed by atoms with Gasteiger partial charge in [-0.3, -0.25) is 14.4 Å². The molecule has 0 atom stereocenters. The molecule has 1 amide bonds. The molecule has 1 fully saturated rings. The first kappa shape index (κ1) is 21.1. The molecule has 0 aromatic heterocycles. The second-order valence-corrected chi connectivity index (χ2v) is 8.41. The number of hydrogen-bond donors (Lipinski definition) is 1. The van der Waals surface area contributed by atoms with E-state index >= 15 is 0 Å². The first-order valence-corrected chi connectivity index (χ1v) is 9.86. The normalized spacial score (nSPS) is 15.2. The molecule has 1 aromatic carbocycles. The lowest BCUT2D eigenvalue weighted by atomic mass is 9.86. The highest BCUT2D eigenvalue weighted by atomic mass is 16.5. The largest absolute Gasteiger partial charge is 0.457 e. The number of nitrogens with one attached hydrogen (secondary N) is 1. The Hall–Kier alpha value is -2.17. The van der Waals surface area contributed by atoms with E-state index in [2.05, 4.69) is 5.32 Å². The molecule has 5 heteroatoms. The number of anilines is 1. The first-order chi connectivity index (χ1) is 12.8. The predicted octanol–water partition coefficient (Wildman–Crippen LogP) is 4.76. The van der Waals surface area contributed by atoms with E-state index < -0.39 is 5.41 Å². The lowest BCUT2D eigenvalue weighted by Gasteiger charge is -2.20. The minimum absolute atomic E-state index is 0.0894. The summed E-state index contributed by atoms with van der Waals surface area (Å²) in [6, 6.07) is 6.64. The molecular formula is C22H31NO4. The van der Waals surface area contributed by atoms with Crippen LogP contribution in [0.3, 0.4) is 0 Å². The summed E-state index contributed by atoms with van der Waals surface area (Å²) in [5.41, 5.74) is 0.611. The monoisotopic (exact) mass is 373 g/mol. The van der Waals surface area contributed by atoms with Crippen molar-refractivity contribution in [3.8, 4) is 0 Å². The van der Waals surface area contributed by atoms with Gasteiger partial charge in [0.15, 0.2) is 12.4 Å². The number of Topliss-reactive ketones (excluding diaryl/α,β-unsaturated/α-hetero) is 1. The maximum Gasteiger partial charge on any atom is 0.306 e. The van der Waals surface area contributed by atoms with Crippen LogP contribution in [-0.4, -0.2) is 24.3 Å². The van der Waals surface area contributed by atoms with Crippen LogP contribution in [0.15, 0.2) is 24.3 Å². The number of ketones is 1. The van der Waals surface area contributed by atoms with Crippen LogP contribution in [0.25, 0.3) is 0 Å². The van der Waals surface area contributed by atoms with Crippen molar-refractivity contribution in [1.82, 2.24) is 0 Å². The van der Waals surface area contributed by atoms with Gasteiger partial charge in [-0.1, -0.05) is 52.9 Å². The smallest absolute Gasteiger partial charge is 0.306 e. The summed E-state index contributed by atoms with van der Waals surface area (Å²) in [6.45, 7) is 5.27. The van der Waals surface area contributed by atoms with Crippen molar-refractivity contribution < 1.29 is 19.1 Å². The number of esters is 1. The Bertz CT molecular complexity index is 652. The number of amides is 1. The maximum atomic E-state index is 12.2. The van der Waals surface area contributed by atoms with Gasteiger partial charge < -0.3 is 10.1 Å².